The third-order valence-corrected chi connectivity index (χ3v) is 2.85. The minimum absolute atomic E-state index is 0.0543. The minimum Gasteiger partial charge on any atom is -0.366 e. The number of amides is 1. The van der Waals surface area contributed by atoms with Gasteiger partial charge in [0.15, 0.2) is 0 Å². The molecule has 0 bridgehead atoms. The Labute approximate surface area is 117 Å². The van der Waals surface area contributed by atoms with Crippen LogP contribution in [0, 0.1) is 15.9 Å². The third kappa shape index (κ3) is 2.57. The van der Waals surface area contributed by atoms with Gasteiger partial charge in [0.05, 0.1) is 21.2 Å². The number of rotatable bonds is 3. The highest BCUT2D eigenvalue weighted by atomic mass is 35.5. The number of aromatic nitrogens is 1. The van der Waals surface area contributed by atoms with Gasteiger partial charge in [-0.25, -0.2) is 9.37 Å². The van der Waals surface area contributed by atoms with Crippen molar-refractivity contribution in [3.63, 3.8) is 0 Å². The predicted molar refractivity (Wildman–Crippen MR) is 69.8 cm³/mol. The summed E-state index contributed by atoms with van der Waals surface area (Å²) in [6.45, 7) is 0. The molecular formula is C12H7ClFN3O3. The number of hydrogen-bond donors (Lipinski definition) is 1. The number of benzene rings is 1. The van der Waals surface area contributed by atoms with Crippen molar-refractivity contribution >= 4 is 23.2 Å². The lowest BCUT2D eigenvalue weighted by Gasteiger charge is -2.06. The Bertz CT molecular complexity index is 721. The molecule has 1 amide bonds. The molecule has 0 aliphatic heterocycles. The Morgan fingerprint density at radius 1 is 1.40 bits per heavy atom. The maximum atomic E-state index is 13.4. The Kier molecular flexibility index (Phi) is 3.62. The number of carbonyl (C=O) groups excluding carboxylic acids is 1. The van der Waals surface area contributed by atoms with Crippen molar-refractivity contribution in [1.29, 1.82) is 0 Å². The van der Waals surface area contributed by atoms with Crippen LogP contribution in [0.3, 0.4) is 0 Å². The van der Waals surface area contributed by atoms with Gasteiger partial charge in [0, 0.05) is 11.6 Å². The fourth-order valence-electron chi connectivity index (χ4n) is 1.61. The Balaban J connectivity index is 2.63. The van der Waals surface area contributed by atoms with Gasteiger partial charge >= 0.3 is 0 Å². The quantitative estimate of drug-likeness (QED) is 0.694. The van der Waals surface area contributed by atoms with Gasteiger partial charge in [-0.2, -0.15) is 0 Å². The van der Waals surface area contributed by atoms with Crippen molar-refractivity contribution in [2.24, 2.45) is 5.73 Å². The summed E-state index contributed by atoms with van der Waals surface area (Å²) in [5, 5.41) is 10.6. The Hall–Kier alpha value is -2.54. The molecule has 6 nitrogen and oxygen atoms in total. The first-order valence-electron chi connectivity index (χ1n) is 5.30. The van der Waals surface area contributed by atoms with E-state index in [2.05, 4.69) is 4.98 Å². The van der Waals surface area contributed by atoms with Gasteiger partial charge in [-0.3, -0.25) is 14.9 Å². The molecule has 0 aliphatic rings. The summed E-state index contributed by atoms with van der Waals surface area (Å²) >= 11 is 5.56. The van der Waals surface area contributed by atoms with Gasteiger partial charge in [0.25, 0.3) is 11.6 Å². The maximum absolute atomic E-state index is 13.4. The molecule has 0 aliphatic carbocycles. The molecule has 0 unspecified atom stereocenters. The number of pyridine rings is 1. The van der Waals surface area contributed by atoms with Gasteiger partial charge in [-0.1, -0.05) is 17.7 Å². The molecule has 1 aromatic carbocycles. The smallest absolute Gasteiger partial charge is 0.288 e. The van der Waals surface area contributed by atoms with Crippen molar-refractivity contribution in [1.82, 2.24) is 4.98 Å². The zero-order valence-corrected chi connectivity index (χ0v) is 10.6. The minimum atomic E-state index is -0.897. The van der Waals surface area contributed by atoms with Crippen molar-refractivity contribution in [3.8, 4) is 11.3 Å². The number of nitrogens with two attached hydrogens (primary N) is 1. The number of primary amides is 1. The van der Waals surface area contributed by atoms with E-state index in [4.69, 9.17) is 17.3 Å². The fraction of sp³-hybridized carbons (Fsp3) is 0. The first-order chi connectivity index (χ1) is 9.40. The lowest BCUT2D eigenvalue weighted by atomic mass is 10.0. The van der Waals surface area contributed by atoms with E-state index in [1.807, 2.05) is 0 Å². The summed E-state index contributed by atoms with van der Waals surface area (Å²) in [4.78, 5) is 25.1. The summed E-state index contributed by atoms with van der Waals surface area (Å²) in [6, 6.07) is 4.80. The third-order valence-electron chi connectivity index (χ3n) is 2.54. The summed E-state index contributed by atoms with van der Waals surface area (Å²) < 4.78 is 13.4. The van der Waals surface area contributed by atoms with Crippen molar-refractivity contribution < 1.29 is 14.1 Å². The molecule has 0 saturated heterocycles. The van der Waals surface area contributed by atoms with E-state index < -0.39 is 16.6 Å². The molecule has 2 aromatic rings. The molecule has 1 aromatic heterocycles. The van der Waals surface area contributed by atoms with Gasteiger partial charge in [-0.05, 0) is 12.1 Å². The second-order valence-electron chi connectivity index (χ2n) is 3.84. The number of carbonyl (C=O) groups is 1. The normalized spacial score (nSPS) is 10.3. The number of hydrogen-bond acceptors (Lipinski definition) is 4. The van der Waals surface area contributed by atoms with Crippen LogP contribution in [0.4, 0.5) is 10.1 Å². The van der Waals surface area contributed by atoms with Gasteiger partial charge in [0.1, 0.15) is 12.0 Å². The van der Waals surface area contributed by atoms with Crippen LogP contribution in [0.1, 0.15) is 10.4 Å². The monoisotopic (exact) mass is 295 g/mol. The van der Waals surface area contributed by atoms with E-state index in [1.54, 1.807) is 0 Å². The second-order valence-corrected chi connectivity index (χ2v) is 4.25. The van der Waals surface area contributed by atoms with Crippen LogP contribution < -0.4 is 5.73 Å². The summed E-state index contributed by atoms with van der Waals surface area (Å²) in [7, 11) is 0. The van der Waals surface area contributed by atoms with E-state index >= 15 is 0 Å². The van der Waals surface area contributed by atoms with Crippen molar-refractivity contribution in [2.45, 2.75) is 0 Å². The molecule has 1 heterocycles. The molecule has 0 spiro atoms. The molecule has 102 valence electrons. The van der Waals surface area contributed by atoms with E-state index in [1.165, 1.54) is 12.1 Å². The lowest BCUT2D eigenvalue weighted by Crippen LogP contribution is -2.13. The highest BCUT2D eigenvalue weighted by Gasteiger charge is 2.18. The fourth-order valence-corrected chi connectivity index (χ4v) is 1.73. The van der Waals surface area contributed by atoms with Crippen molar-refractivity contribution in [2.75, 3.05) is 0 Å². The van der Waals surface area contributed by atoms with Crippen LogP contribution >= 0.6 is 11.6 Å². The van der Waals surface area contributed by atoms with E-state index in [-0.39, 0.29) is 27.5 Å². The van der Waals surface area contributed by atoms with Crippen molar-refractivity contribution in [3.05, 3.63) is 57.0 Å². The standard InChI is InChI=1S/C12H7ClFN3O3/c13-9-2-1-6(3-10(9)14)11-8(12(15)18)4-7(5-16-11)17(19)20/h1-5H,(H2,15,18). The predicted octanol–water partition coefficient (Wildman–Crippen LogP) is 2.55. The van der Waals surface area contributed by atoms with E-state index in [9.17, 15) is 19.3 Å². The molecule has 20 heavy (non-hydrogen) atoms. The molecule has 0 fully saturated rings. The summed E-state index contributed by atoms with van der Waals surface area (Å²) in [6.07, 6.45) is 0.967. The molecule has 8 heteroatoms. The maximum Gasteiger partial charge on any atom is 0.288 e. The largest absolute Gasteiger partial charge is 0.366 e. The second kappa shape index (κ2) is 5.22. The Morgan fingerprint density at radius 2 is 2.10 bits per heavy atom. The van der Waals surface area contributed by atoms with E-state index in [0.717, 1.165) is 18.3 Å². The van der Waals surface area contributed by atoms with Gasteiger partial charge in [-0.15, -0.1) is 0 Å². The van der Waals surface area contributed by atoms with E-state index in [0.29, 0.717) is 0 Å². The summed E-state index contributed by atoms with van der Waals surface area (Å²) in [5.74, 6) is -1.59. The molecule has 2 rings (SSSR count). The molecule has 0 atom stereocenters. The molecule has 2 N–H and O–H groups in total. The highest BCUT2D eigenvalue weighted by Crippen LogP contribution is 2.27. The SMILES string of the molecule is NC(=O)c1cc([N+](=O)[O-])cnc1-c1ccc(Cl)c(F)c1. The zero-order valence-electron chi connectivity index (χ0n) is 9.84. The van der Waals surface area contributed by atoms with Gasteiger partial charge < -0.3 is 5.73 Å². The van der Waals surface area contributed by atoms with Crippen LogP contribution in [-0.2, 0) is 0 Å². The average molecular weight is 296 g/mol. The first-order valence-corrected chi connectivity index (χ1v) is 5.67. The number of nitrogens with zero attached hydrogens (tertiary/aromatic N) is 2. The van der Waals surface area contributed by atoms with Crippen LogP contribution in [-0.4, -0.2) is 15.8 Å². The van der Waals surface area contributed by atoms with Crippen LogP contribution in [0.5, 0.6) is 0 Å². The zero-order chi connectivity index (χ0) is 14.9. The topological polar surface area (TPSA) is 99.1 Å². The van der Waals surface area contributed by atoms with Crippen LogP contribution in [0.25, 0.3) is 11.3 Å². The molecule has 0 saturated carbocycles. The average Bonchev–Trinajstić information content (AvgIpc) is 2.41. The highest BCUT2D eigenvalue weighted by molar-refractivity contribution is 6.30. The molecule has 0 radical (unpaired) electrons. The Morgan fingerprint density at radius 3 is 2.65 bits per heavy atom. The number of halogens is 2. The summed E-state index contributed by atoms with van der Waals surface area (Å²) in [5.41, 5.74) is 4.92. The molecular weight excluding hydrogens is 289 g/mol. The lowest BCUT2D eigenvalue weighted by molar-refractivity contribution is -0.385. The van der Waals surface area contributed by atoms with Crippen LogP contribution in [0.2, 0.25) is 5.02 Å². The van der Waals surface area contributed by atoms with Crippen LogP contribution in [0.15, 0.2) is 30.5 Å². The first kappa shape index (κ1) is 13.9. The van der Waals surface area contributed by atoms with Gasteiger partial charge in [0.2, 0.25) is 0 Å². The number of nitro groups is 1.